The number of furan rings is 1. The molecule has 1 N–H and O–H groups in total. The maximum atomic E-state index is 12.0. The lowest BCUT2D eigenvalue weighted by Gasteiger charge is -2.14. The van der Waals surface area contributed by atoms with Gasteiger partial charge in [0, 0.05) is 19.5 Å². The highest BCUT2D eigenvalue weighted by Gasteiger charge is 2.35. The summed E-state index contributed by atoms with van der Waals surface area (Å²) in [6, 6.07) is 3.52. The van der Waals surface area contributed by atoms with Gasteiger partial charge >= 0.3 is 5.97 Å². The number of amides is 2. The van der Waals surface area contributed by atoms with Crippen molar-refractivity contribution < 1.29 is 23.5 Å². The van der Waals surface area contributed by atoms with Gasteiger partial charge in [0.2, 0.25) is 5.91 Å². The van der Waals surface area contributed by atoms with E-state index in [1.165, 1.54) is 6.26 Å². The molecule has 1 fully saturated rings. The van der Waals surface area contributed by atoms with Gasteiger partial charge in [-0.15, -0.1) is 0 Å². The number of carbonyl (C=O) groups excluding carboxylic acids is 3. The Morgan fingerprint density at radius 3 is 2.91 bits per heavy atom. The molecular weight excluding hydrogens is 300 g/mol. The van der Waals surface area contributed by atoms with Gasteiger partial charge in [-0.25, -0.2) is 0 Å². The quantitative estimate of drug-likeness (QED) is 0.755. The topological polar surface area (TPSA) is 88.8 Å². The highest BCUT2D eigenvalue weighted by Crippen LogP contribution is 2.21. The average Bonchev–Trinajstić information content (AvgIpc) is 3.13. The van der Waals surface area contributed by atoms with Crippen molar-refractivity contribution in [3.05, 3.63) is 24.2 Å². The summed E-state index contributed by atoms with van der Waals surface area (Å²) in [6.07, 6.45) is 1.64. The number of hydrogen-bond acceptors (Lipinski definition) is 5. The first-order chi connectivity index (χ1) is 11.0. The molecule has 0 aromatic carbocycles. The molecule has 1 aromatic rings. The molecule has 0 unspecified atom stereocenters. The molecule has 1 aromatic heterocycles. The first-order valence-electron chi connectivity index (χ1n) is 7.69. The van der Waals surface area contributed by atoms with Gasteiger partial charge in [0.05, 0.1) is 18.7 Å². The SMILES string of the molecule is CC(C)CNC(=O)COC(=O)[C@@H]1CC(=O)N(Cc2ccco2)C1. The van der Waals surface area contributed by atoms with Gasteiger partial charge in [-0.05, 0) is 18.1 Å². The Bertz CT molecular complexity index is 553. The summed E-state index contributed by atoms with van der Waals surface area (Å²) in [5.41, 5.74) is 0. The van der Waals surface area contributed by atoms with E-state index in [9.17, 15) is 14.4 Å². The standard InChI is InChI=1S/C16H22N2O5/c1-11(2)7-17-14(19)10-23-16(21)12-6-15(20)18(8-12)9-13-4-3-5-22-13/h3-5,11-12H,6-10H2,1-2H3,(H,17,19)/t12-/m1/s1. The fourth-order valence-electron chi connectivity index (χ4n) is 2.30. The number of nitrogens with zero attached hydrogens (tertiary/aromatic N) is 1. The lowest BCUT2D eigenvalue weighted by atomic mass is 10.1. The molecule has 0 radical (unpaired) electrons. The van der Waals surface area contributed by atoms with E-state index in [-0.39, 0.29) is 31.4 Å². The molecule has 2 heterocycles. The maximum absolute atomic E-state index is 12.0. The Balaban J connectivity index is 1.75. The molecule has 2 amide bonds. The first-order valence-corrected chi connectivity index (χ1v) is 7.69. The molecule has 1 atom stereocenters. The van der Waals surface area contributed by atoms with E-state index in [1.807, 2.05) is 13.8 Å². The molecule has 126 valence electrons. The molecule has 1 aliphatic heterocycles. The Kier molecular flexibility index (Phi) is 5.78. The molecule has 7 nitrogen and oxygen atoms in total. The third-order valence-electron chi connectivity index (χ3n) is 3.53. The van der Waals surface area contributed by atoms with Gasteiger partial charge < -0.3 is 19.4 Å². The van der Waals surface area contributed by atoms with Crippen molar-refractivity contribution in [2.24, 2.45) is 11.8 Å². The van der Waals surface area contributed by atoms with Crippen molar-refractivity contribution in [2.45, 2.75) is 26.8 Å². The predicted octanol–water partition coefficient (Wildman–Crippen LogP) is 0.944. The van der Waals surface area contributed by atoms with E-state index in [4.69, 9.17) is 9.15 Å². The van der Waals surface area contributed by atoms with E-state index in [0.29, 0.717) is 24.8 Å². The Hall–Kier alpha value is -2.31. The minimum atomic E-state index is -0.532. The lowest BCUT2D eigenvalue weighted by molar-refractivity contribution is -0.152. The number of hydrogen-bond donors (Lipinski definition) is 1. The molecule has 1 aliphatic rings. The monoisotopic (exact) mass is 322 g/mol. The van der Waals surface area contributed by atoms with Crippen LogP contribution in [-0.2, 0) is 25.7 Å². The zero-order chi connectivity index (χ0) is 16.8. The third kappa shape index (κ3) is 5.12. The number of nitrogens with one attached hydrogen (secondary N) is 1. The highest BCUT2D eigenvalue weighted by molar-refractivity contribution is 5.88. The summed E-state index contributed by atoms with van der Waals surface area (Å²) < 4.78 is 10.2. The summed E-state index contributed by atoms with van der Waals surface area (Å²) >= 11 is 0. The summed E-state index contributed by atoms with van der Waals surface area (Å²) in [6.45, 7) is 4.80. The van der Waals surface area contributed by atoms with E-state index in [1.54, 1.807) is 17.0 Å². The normalized spacial score (nSPS) is 17.6. The minimum absolute atomic E-state index is 0.104. The minimum Gasteiger partial charge on any atom is -0.467 e. The zero-order valence-electron chi connectivity index (χ0n) is 13.4. The smallest absolute Gasteiger partial charge is 0.311 e. The van der Waals surface area contributed by atoms with Crippen molar-refractivity contribution in [3.8, 4) is 0 Å². The van der Waals surface area contributed by atoms with Crippen LogP contribution in [-0.4, -0.2) is 42.4 Å². The van der Waals surface area contributed by atoms with Crippen molar-refractivity contribution in [2.75, 3.05) is 19.7 Å². The van der Waals surface area contributed by atoms with Crippen LogP contribution in [0.15, 0.2) is 22.8 Å². The van der Waals surface area contributed by atoms with E-state index in [2.05, 4.69) is 5.32 Å². The van der Waals surface area contributed by atoms with E-state index < -0.39 is 11.9 Å². The summed E-state index contributed by atoms with van der Waals surface area (Å²) in [5, 5.41) is 2.67. The predicted molar refractivity (Wildman–Crippen MR) is 81.0 cm³/mol. The van der Waals surface area contributed by atoms with E-state index >= 15 is 0 Å². The molecule has 0 spiro atoms. The third-order valence-corrected chi connectivity index (χ3v) is 3.53. The fraction of sp³-hybridized carbons (Fsp3) is 0.562. The molecule has 7 heteroatoms. The van der Waals surface area contributed by atoms with Crippen LogP contribution in [0.2, 0.25) is 0 Å². The second-order valence-corrected chi connectivity index (χ2v) is 6.06. The molecule has 23 heavy (non-hydrogen) atoms. The number of esters is 1. The van der Waals surface area contributed by atoms with Gasteiger partial charge in [0.15, 0.2) is 6.61 Å². The van der Waals surface area contributed by atoms with Gasteiger partial charge in [0.25, 0.3) is 5.91 Å². The van der Waals surface area contributed by atoms with E-state index in [0.717, 1.165) is 0 Å². The van der Waals surface area contributed by atoms with Crippen LogP contribution in [0.1, 0.15) is 26.0 Å². The molecule has 0 bridgehead atoms. The van der Waals surface area contributed by atoms with Gasteiger partial charge in [-0.3, -0.25) is 14.4 Å². The Morgan fingerprint density at radius 2 is 2.26 bits per heavy atom. The molecule has 0 aliphatic carbocycles. The lowest BCUT2D eigenvalue weighted by Crippen LogP contribution is -2.33. The van der Waals surface area contributed by atoms with Gasteiger partial charge in [-0.1, -0.05) is 13.8 Å². The van der Waals surface area contributed by atoms with Crippen molar-refractivity contribution in [1.82, 2.24) is 10.2 Å². The van der Waals surface area contributed by atoms with Crippen molar-refractivity contribution >= 4 is 17.8 Å². The number of rotatable bonds is 7. The molecule has 1 saturated heterocycles. The van der Waals surface area contributed by atoms with Crippen LogP contribution in [0.3, 0.4) is 0 Å². The number of ether oxygens (including phenoxy) is 1. The molecular formula is C16H22N2O5. The van der Waals surface area contributed by atoms with Crippen LogP contribution in [0.4, 0.5) is 0 Å². The Morgan fingerprint density at radius 1 is 1.48 bits per heavy atom. The van der Waals surface area contributed by atoms with Gasteiger partial charge in [-0.2, -0.15) is 0 Å². The second-order valence-electron chi connectivity index (χ2n) is 6.06. The van der Waals surface area contributed by atoms with Gasteiger partial charge in [0.1, 0.15) is 5.76 Å². The van der Waals surface area contributed by atoms with Crippen LogP contribution < -0.4 is 5.32 Å². The summed E-state index contributed by atoms with van der Waals surface area (Å²) in [7, 11) is 0. The summed E-state index contributed by atoms with van der Waals surface area (Å²) in [5.74, 6) is -0.496. The van der Waals surface area contributed by atoms with Crippen LogP contribution in [0.25, 0.3) is 0 Å². The number of likely N-dealkylation sites (tertiary alicyclic amines) is 1. The number of carbonyl (C=O) groups is 3. The first kappa shape index (κ1) is 17.1. The van der Waals surface area contributed by atoms with Crippen molar-refractivity contribution in [3.63, 3.8) is 0 Å². The highest BCUT2D eigenvalue weighted by atomic mass is 16.5. The average molecular weight is 322 g/mol. The zero-order valence-corrected chi connectivity index (χ0v) is 13.4. The van der Waals surface area contributed by atoms with Crippen LogP contribution in [0, 0.1) is 11.8 Å². The largest absolute Gasteiger partial charge is 0.467 e. The van der Waals surface area contributed by atoms with Crippen molar-refractivity contribution in [1.29, 1.82) is 0 Å². The summed E-state index contributed by atoms with van der Waals surface area (Å²) in [4.78, 5) is 37.0. The van der Waals surface area contributed by atoms with Crippen LogP contribution in [0.5, 0.6) is 0 Å². The Labute approximate surface area is 135 Å². The molecule has 2 rings (SSSR count). The fourth-order valence-corrected chi connectivity index (χ4v) is 2.30. The second kappa shape index (κ2) is 7.80. The molecule has 0 saturated carbocycles. The maximum Gasteiger partial charge on any atom is 0.311 e. The van der Waals surface area contributed by atoms with Crippen LogP contribution >= 0.6 is 0 Å².